The summed E-state index contributed by atoms with van der Waals surface area (Å²) >= 11 is 0. The fourth-order valence-electron chi connectivity index (χ4n) is 3.39. The van der Waals surface area contributed by atoms with Crippen molar-refractivity contribution >= 4 is 28.2 Å². The molecule has 180 valence electrons. The Kier molecular flexibility index (Phi) is 7.34. The molecule has 0 radical (unpaired) electrons. The highest BCUT2D eigenvalue weighted by Gasteiger charge is 2.30. The van der Waals surface area contributed by atoms with Crippen molar-refractivity contribution in [3.8, 4) is 17.2 Å². The van der Waals surface area contributed by atoms with Crippen LogP contribution in [0.1, 0.15) is 24.5 Å². The van der Waals surface area contributed by atoms with Crippen LogP contribution in [0, 0.1) is 37.3 Å². The minimum Gasteiger partial charge on any atom is -0.497 e. The summed E-state index contributed by atoms with van der Waals surface area (Å²) in [6, 6.07) is 15.2. The van der Waals surface area contributed by atoms with Crippen LogP contribution in [0.3, 0.4) is 0 Å². The van der Waals surface area contributed by atoms with Crippen molar-refractivity contribution in [2.75, 3.05) is 0 Å². The van der Waals surface area contributed by atoms with Crippen LogP contribution in [0.25, 0.3) is 22.6 Å². The van der Waals surface area contributed by atoms with Crippen LogP contribution in [0.4, 0.5) is 17.1 Å². The second kappa shape index (κ2) is 10.4. The molecular formula is C23H20N4O8. The monoisotopic (exact) mass is 480 g/mol. The van der Waals surface area contributed by atoms with Crippen molar-refractivity contribution in [1.29, 1.82) is 0 Å². The molecule has 35 heavy (non-hydrogen) atoms. The predicted octanol–water partition coefficient (Wildman–Crippen LogP) is 5.87. The van der Waals surface area contributed by atoms with Gasteiger partial charge in [0.1, 0.15) is 5.52 Å². The minimum absolute atomic E-state index is 0.447. The lowest BCUT2D eigenvalue weighted by Gasteiger charge is -2.00. The van der Waals surface area contributed by atoms with E-state index in [1.807, 2.05) is 30.3 Å². The number of hydrogen-bond donors (Lipinski definition) is 1. The van der Waals surface area contributed by atoms with Crippen molar-refractivity contribution in [2.45, 2.75) is 26.7 Å². The van der Waals surface area contributed by atoms with E-state index in [1.54, 1.807) is 0 Å². The van der Waals surface area contributed by atoms with E-state index in [4.69, 9.17) is 9.52 Å². The number of rotatable bonds is 6. The van der Waals surface area contributed by atoms with Gasteiger partial charge in [-0.2, -0.15) is 0 Å². The van der Waals surface area contributed by atoms with Crippen LogP contribution < -0.4 is 0 Å². The van der Waals surface area contributed by atoms with E-state index in [1.165, 1.54) is 11.1 Å². The molecule has 3 aromatic carbocycles. The number of aromatic nitrogens is 1. The number of fused-ring (bicyclic) bond motifs is 1. The summed E-state index contributed by atoms with van der Waals surface area (Å²) in [5, 5.41) is 40.2. The Balaban J connectivity index is 0.000000199. The van der Waals surface area contributed by atoms with Gasteiger partial charge in [-0.1, -0.05) is 37.6 Å². The molecule has 0 aliphatic rings. The Bertz CT molecular complexity index is 1380. The molecule has 12 nitrogen and oxygen atoms in total. The van der Waals surface area contributed by atoms with E-state index in [0.29, 0.717) is 18.0 Å². The molecule has 12 heteroatoms. The van der Waals surface area contributed by atoms with Crippen LogP contribution >= 0.6 is 0 Å². The Labute approximate surface area is 197 Å². The van der Waals surface area contributed by atoms with Gasteiger partial charge in [0, 0.05) is 5.56 Å². The van der Waals surface area contributed by atoms with Gasteiger partial charge in [-0.15, -0.1) is 0 Å². The second-order valence-corrected chi connectivity index (χ2v) is 7.51. The summed E-state index contributed by atoms with van der Waals surface area (Å²) in [6.45, 7) is 4.29. The molecule has 1 heterocycles. The maximum absolute atomic E-state index is 10.4. The van der Waals surface area contributed by atoms with Gasteiger partial charge >= 0.3 is 11.4 Å². The minimum atomic E-state index is -1.21. The molecule has 4 aromatic rings. The number of nitrogens with zero attached hydrogens (tertiary/aromatic N) is 4. The quantitative estimate of drug-likeness (QED) is 0.261. The molecule has 0 spiro atoms. The number of hydrogen-bond acceptors (Lipinski definition) is 9. The molecule has 4 rings (SSSR count). The number of nitro benzene ring substituents is 3. The largest absolute Gasteiger partial charge is 0.497 e. The van der Waals surface area contributed by atoms with E-state index in [-0.39, 0.29) is 0 Å². The van der Waals surface area contributed by atoms with Crippen molar-refractivity contribution in [2.24, 2.45) is 0 Å². The Morgan fingerprint density at radius 1 is 0.914 bits per heavy atom. The van der Waals surface area contributed by atoms with Crippen LogP contribution in [-0.4, -0.2) is 24.9 Å². The smallest absolute Gasteiger partial charge is 0.324 e. The summed E-state index contributed by atoms with van der Waals surface area (Å²) in [7, 11) is 0. The van der Waals surface area contributed by atoms with E-state index in [9.17, 15) is 30.3 Å². The number of aryl methyl sites for hydroxylation is 2. The zero-order valence-electron chi connectivity index (χ0n) is 18.7. The van der Waals surface area contributed by atoms with Crippen molar-refractivity contribution in [1.82, 2.24) is 4.98 Å². The molecule has 0 saturated carbocycles. The van der Waals surface area contributed by atoms with E-state index in [0.717, 1.165) is 29.5 Å². The van der Waals surface area contributed by atoms with Gasteiger partial charge < -0.3 is 9.52 Å². The van der Waals surface area contributed by atoms with Gasteiger partial charge in [0.15, 0.2) is 5.58 Å². The van der Waals surface area contributed by atoms with Crippen LogP contribution in [0.5, 0.6) is 5.75 Å². The van der Waals surface area contributed by atoms with Gasteiger partial charge in [-0.05, 0) is 42.7 Å². The second-order valence-electron chi connectivity index (χ2n) is 7.51. The van der Waals surface area contributed by atoms with Gasteiger partial charge in [0.05, 0.1) is 26.9 Å². The molecule has 0 atom stereocenters. The zero-order chi connectivity index (χ0) is 25.7. The lowest BCUT2D eigenvalue weighted by atomic mass is 10.1. The predicted molar refractivity (Wildman–Crippen MR) is 126 cm³/mol. The molecule has 1 N–H and O–H groups in total. The summed E-state index contributed by atoms with van der Waals surface area (Å²) < 4.78 is 5.98. The topological polar surface area (TPSA) is 176 Å². The van der Waals surface area contributed by atoms with Gasteiger partial charge in [0.25, 0.3) is 11.4 Å². The summed E-state index contributed by atoms with van der Waals surface area (Å²) in [5.41, 5.74) is 2.42. The number of benzene rings is 3. The first-order chi connectivity index (χ1) is 16.6. The van der Waals surface area contributed by atoms with Crippen LogP contribution in [0.15, 0.2) is 59.0 Å². The Morgan fingerprint density at radius 3 is 2.03 bits per heavy atom. The third-order valence-corrected chi connectivity index (χ3v) is 4.91. The van der Waals surface area contributed by atoms with E-state index in [2.05, 4.69) is 31.0 Å². The van der Waals surface area contributed by atoms with Gasteiger partial charge in [-0.25, -0.2) is 4.98 Å². The average molecular weight is 480 g/mol. The molecule has 0 aliphatic heterocycles. The number of phenolic OH excluding ortho intramolecular Hbond substituents is 1. The molecule has 0 unspecified atom stereocenters. The molecule has 0 bridgehead atoms. The SMILES string of the molecule is CCCc1cc(C)cc2nc(-c3ccccc3)oc12.O=[N+]([O-])c1cc([N+](=O)[O-])c(O)c([N+](=O)[O-])c1. The third-order valence-electron chi connectivity index (χ3n) is 4.91. The van der Waals surface area contributed by atoms with E-state index >= 15 is 0 Å². The first-order valence-corrected chi connectivity index (χ1v) is 10.4. The van der Waals surface area contributed by atoms with E-state index < -0.39 is 37.6 Å². The van der Waals surface area contributed by atoms with Crippen molar-refractivity contribution in [3.63, 3.8) is 0 Å². The summed E-state index contributed by atoms with van der Waals surface area (Å²) in [6.07, 6.45) is 2.14. The first-order valence-electron chi connectivity index (χ1n) is 10.4. The molecule has 0 saturated heterocycles. The van der Waals surface area contributed by atoms with Gasteiger partial charge in [0.2, 0.25) is 5.89 Å². The van der Waals surface area contributed by atoms with Crippen LogP contribution in [0.2, 0.25) is 0 Å². The maximum Gasteiger partial charge on any atom is 0.324 e. The first kappa shape index (κ1) is 24.8. The molecule has 0 fully saturated rings. The van der Waals surface area contributed by atoms with Crippen LogP contribution in [-0.2, 0) is 6.42 Å². The summed E-state index contributed by atoms with van der Waals surface area (Å²) in [4.78, 5) is 32.4. The third kappa shape index (κ3) is 5.55. The Morgan fingerprint density at radius 2 is 1.51 bits per heavy atom. The number of phenols is 1. The highest BCUT2D eigenvalue weighted by Crippen LogP contribution is 2.39. The lowest BCUT2D eigenvalue weighted by Crippen LogP contribution is -1.97. The number of non-ortho nitro benzene ring substituents is 1. The number of oxazole rings is 1. The molecule has 0 amide bonds. The molecule has 1 aromatic heterocycles. The lowest BCUT2D eigenvalue weighted by molar-refractivity contribution is -0.404. The standard InChI is InChI=1S/C17H17NO.C6H3N3O7/c1-3-7-14-10-12(2)11-15-16(14)19-17(18-15)13-8-5-4-6-9-13;10-6-4(8(13)14)1-3(7(11)12)2-5(6)9(15)16/h4-6,8-11H,3,7H2,1-2H3;1-2,10H. The molecular weight excluding hydrogens is 460 g/mol. The Hall–Kier alpha value is -4.87. The van der Waals surface area contributed by atoms with Crippen molar-refractivity contribution < 1.29 is 24.3 Å². The fourth-order valence-corrected chi connectivity index (χ4v) is 3.39. The fraction of sp³-hybridized carbons (Fsp3) is 0.174. The highest BCUT2D eigenvalue weighted by molar-refractivity contribution is 5.80. The normalized spacial score (nSPS) is 10.5. The number of aromatic hydroxyl groups is 1. The zero-order valence-corrected chi connectivity index (χ0v) is 18.7. The average Bonchev–Trinajstić information content (AvgIpc) is 3.24. The molecule has 0 aliphatic carbocycles. The highest BCUT2D eigenvalue weighted by atomic mass is 16.6. The number of nitro groups is 3. The maximum atomic E-state index is 10.4. The van der Waals surface area contributed by atoms with Gasteiger partial charge in [-0.3, -0.25) is 30.3 Å². The summed E-state index contributed by atoms with van der Waals surface area (Å²) in [5.74, 6) is -0.501. The van der Waals surface area contributed by atoms with Crippen molar-refractivity contribution in [3.05, 3.63) is 96.1 Å².